The van der Waals surface area contributed by atoms with Crippen molar-refractivity contribution in [3.8, 4) is 0 Å². The van der Waals surface area contributed by atoms with Crippen LogP contribution in [0.25, 0.3) is 0 Å². The second kappa shape index (κ2) is 13.3. The Hall–Kier alpha value is -2.52. The number of hydrogen-bond donors (Lipinski definition) is 3. The van der Waals surface area contributed by atoms with Crippen LogP contribution in [-0.4, -0.2) is 69.8 Å². The van der Waals surface area contributed by atoms with Gasteiger partial charge < -0.3 is 20.6 Å². The number of halogens is 2. The molecular formula is C23H32ClFN6O2. The molecule has 33 heavy (non-hydrogen) atoms. The van der Waals surface area contributed by atoms with Gasteiger partial charge in [0.15, 0.2) is 0 Å². The molecule has 0 saturated carbocycles. The molecule has 0 saturated heterocycles. The zero-order valence-corrected chi connectivity index (χ0v) is 19.5. The number of hydrogen-bond acceptors (Lipinski definition) is 7. The van der Waals surface area contributed by atoms with E-state index in [0.717, 1.165) is 56.7 Å². The molecule has 0 amide bonds. The lowest BCUT2D eigenvalue weighted by Gasteiger charge is -2.24. The molecule has 3 rings (SSSR count). The van der Waals surface area contributed by atoms with Crippen molar-refractivity contribution < 1.29 is 14.3 Å². The lowest BCUT2D eigenvalue weighted by Crippen LogP contribution is -2.36. The van der Waals surface area contributed by atoms with E-state index in [0.29, 0.717) is 31.7 Å². The number of nitrogens with zero attached hydrogens (tertiary/aromatic N) is 4. The third-order valence-electron chi connectivity index (χ3n) is 5.70. The summed E-state index contributed by atoms with van der Waals surface area (Å²) >= 11 is 5.85. The van der Waals surface area contributed by atoms with E-state index in [1.807, 2.05) is 0 Å². The Bertz CT molecular complexity index is 903. The van der Waals surface area contributed by atoms with E-state index < -0.39 is 12.0 Å². The maximum atomic E-state index is 12.8. The molecule has 0 radical (unpaired) electrons. The van der Waals surface area contributed by atoms with Crippen LogP contribution in [0.1, 0.15) is 43.4 Å². The number of alkyl halides is 1. The molecule has 1 aliphatic rings. The molecule has 8 nitrogen and oxygen atoms in total. The smallest absolute Gasteiger partial charge is 0.326 e. The van der Waals surface area contributed by atoms with Gasteiger partial charge in [0.2, 0.25) is 0 Å². The van der Waals surface area contributed by atoms with E-state index in [1.54, 1.807) is 0 Å². The number of aliphatic carboxylic acids is 1. The number of pyridine rings is 1. The van der Waals surface area contributed by atoms with E-state index in [2.05, 4.69) is 37.6 Å². The molecule has 0 aliphatic carbocycles. The zero-order chi connectivity index (χ0) is 23.5. The summed E-state index contributed by atoms with van der Waals surface area (Å²) in [6.07, 6.45) is 7.10. The van der Waals surface area contributed by atoms with Gasteiger partial charge >= 0.3 is 5.97 Å². The number of fused-ring (bicyclic) bond motifs is 1. The minimum atomic E-state index is -0.970. The normalized spacial score (nSPS) is 13.9. The Morgan fingerprint density at radius 2 is 2.09 bits per heavy atom. The molecule has 1 unspecified atom stereocenters. The Labute approximate surface area is 199 Å². The fourth-order valence-corrected chi connectivity index (χ4v) is 4.08. The average molecular weight is 479 g/mol. The van der Waals surface area contributed by atoms with Crippen molar-refractivity contribution in [1.29, 1.82) is 0 Å². The number of carbonyl (C=O) groups is 1. The van der Waals surface area contributed by atoms with Crippen LogP contribution in [0.5, 0.6) is 0 Å². The number of anilines is 2. The largest absolute Gasteiger partial charge is 0.480 e. The standard InChI is InChI=1S/C23H32ClFN6O2/c24-20-15-21(28-16-27-20)30-19(23(32)33)9-14-31(13-4-10-25)12-2-1-6-18-8-7-17-5-3-11-26-22(17)29-18/h7-8,15-16,19H,1-6,9-14H2,(H,26,29)(H,32,33)(H,27,28,30). The third kappa shape index (κ3) is 8.40. The molecule has 180 valence electrons. The van der Waals surface area contributed by atoms with Crippen LogP contribution in [-0.2, 0) is 17.6 Å². The number of nitrogens with one attached hydrogen (secondary N) is 2. The van der Waals surface area contributed by atoms with Gasteiger partial charge in [-0.2, -0.15) is 0 Å². The first-order valence-corrected chi connectivity index (χ1v) is 11.9. The van der Waals surface area contributed by atoms with Crippen LogP contribution >= 0.6 is 11.6 Å². The molecule has 2 aromatic heterocycles. The fraction of sp³-hybridized carbons (Fsp3) is 0.565. The number of carboxylic acid groups (broad SMARTS) is 1. The fourth-order valence-electron chi connectivity index (χ4n) is 3.93. The predicted octanol–water partition coefficient (Wildman–Crippen LogP) is 3.82. The molecule has 0 fully saturated rings. The zero-order valence-electron chi connectivity index (χ0n) is 18.8. The van der Waals surface area contributed by atoms with Crippen molar-refractivity contribution in [1.82, 2.24) is 19.9 Å². The summed E-state index contributed by atoms with van der Waals surface area (Å²) in [5, 5.41) is 16.1. The summed E-state index contributed by atoms with van der Waals surface area (Å²) in [4.78, 5) is 26.4. The summed E-state index contributed by atoms with van der Waals surface area (Å²) in [7, 11) is 0. The first-order valence-electron chi connectivity index (χ1n) is 11.5. The SMILES string of the molecule is O=C(O)C(CCN(CCCF)CCCCc1ccc2c(n1)NCCC2)Nc1cc(Cl)ncn1. The molecule has 3 heterocycles. The summed E-state index contributed by atoms with van der Waals surface area (Å²) in [5.74, 6) is 0.410. The van der Waals surface area contributed by atoms with Crippen molar-refractivity contribution in [3.63, 3.8) is 0 Å². The molecular weight excluding hydrogens is 447 g/mol. The summed E-state index contributed by atoms with van der Waals surface area (Å²) < 4.78 is 12.8. The van der Waals surface area contributed by atoms with Gasteiger partial charge in [-0.05, 0) is 63.1 Å². The molecule has 10 heteroatoms. The Morgan fingerprint density at radius 3 is 2.88 bits per heavy atom. The van der Waals surface area contributed by atoms with Crippen molar-refractivity contribution >= 4 is 29.2 Å². The van der Waals surface area contributed by atoms with Crippen LogP contribution < -0.4 is 10.6 Å². The van der Waals surface area contributed by atoms with Gasteiger partial charge in [-0.1, -0.05) is 17.7 Å². The molecule has 1 atom stereocenters. The van der Waals surface area contributed by atoms with Gasteiger partial charge in [-0.15, -0.1) is 0 Å². The average Bonchev–Trinajstić information content (AvgIpc) is 2.81. The number of unbranched alkanes of at least 4 members (excludes halogenated alkanes) is 1. The summed E-state index contributed by atoms with van der Waals surface area (Å²) in [6.45, 7) is 2.52. The van der Waals surface area contributed by atoms with Gasteiger partial charge in [0.05, 0.1) is 6.67 Å². The van der Waals surface area contributed by atoms with E-state index in [9.17, 15) is 14.3 Å². The third-order valence-corrected chi connectivity index (χ3v) is 5.91. The van der Waals surface area contributed by atoms with Crippen LogP contribution in [0, 0.1) is 0 Å². The Balaban J connectivity index is 1.46. The molecule has 2 aromatic rings. The minimum Gasteiger partial charge on any atom is -0.480 e. The topological polar surface area (TPSA) is 103 Å². The van der Waals surface area contributed by atoms with Crippen LogP contribution in [0.2, 0.25) is 5.15 Å². The second-order valence-corrected chi connectivity index (χ2v) is 8.62. The van der Waals surface area contributed by atoms with Gasteiger partial charge in [0.1, 0.15) is 29.2 Å². The van der Waals surface area contributed by atoms with Crippen molar-refractivity contribution in [2.75, 3.05) is 43.5 Å². The lowest BCUT2D eigenvalue weighted by atomic mass is 10.1. The van der Waals surface area contributed by atoms with Crippen molar-refractivity contribution in [2.45, 2.75) is 51.0 Å². The predicted molar refractivity (Wildman–Crippen MR) is 128 cm³/mol. The molecule has 0 bridgehead atoms. The van der Waals surface area contributed by atoms with Crippen LogP contribution in [0.3, 0.4) is 0 Å². The van der Waals surface area contributed by atoms with E-state index in [-0.39, 0.29) is 11.8 Å². The Morgan fingerprint density at radius 1 is 1.24 bits per heavy atom. The first kappa shape index (κ1) is 25.1. The number of aromatic nitrogens is 3. The highest BCUT2D eigenvalue weighted by Gasteiger charge is 2.19. The molecule has 3 N–H and O–H groups in total. The summed E-state index contributed by atoms with van der Waals surface area (Å²) in [6, 6.07) is 4.94. The number of aryl methyl sites for hydroxylation is 2. The summed E-state index contributed by atoms with van der Waals surface area (Å²) in [5.41, 5.74) is 2.37. The maximum absolute atomic E-state index is 12.8. The van der Waals surface area contributed by atoms with Gasteiger partial charge in [-0.25, -0.2) is 19.7 Å². The van der Waals surface area contributed by atoms with Gasteiger partial charge in [-0.3, -0.25) is 4.39 Å². The second-order valence-electron chi connectivity index (χ2n) is 8.23. The highest BCUT2D eigenvalue weighted by molar-refractivity contribution is 6.29. The molecule has 1 aliphatic heterocycles. The van der Waals surface area contributed by atoms with E-state index in [1.165, 1.54) is 18.0 Å². The lowest BCUT2D eigenvalue weighted by molar-refractivity contribution is -0.138. The minimum absolute atomic E-state index is 0.241. The number of rotatable bonds is 14. The Kier molecular flexibility index (Phi) is 10.1. The van der Waals surface area contributed by atoms with Gasteiger partial charge in [0.25, 0.3) is 0 Å². The maximum Gasteiger partial charge on any atom is 0.326 e. The first-order chi connectivity index (χ1) is 16.0. The number of carboxylic acids is 1. The van der Waals surface area contributed by atoms with Crippen molar-refractivity contribution in [3.05, 3.63) is 40.9 Å². The van der Waals surface area contributed by atoms with Crippen LogP contribution in [0.4, 0.5) is 16.0 Å². The quantitative estimate of drug-likeness (QED) is 0.278. The van der Waals surface area contributed by atoms with E-state index >= 15 is 0 Å². The highest BCUT2D eigenvalue weighted by Crippen LogP contribution is 2.20. The monoisotopic (exact) mass is 478 g/mol. The van der Waals surface area contributed by atoms with Crippen LogP contribution in [0.15, 0.2) is 24.5 Å². The van der Waals surface area contributed by atoms with E-state index in [4.69, 9.17) is 16.6 Å². The van der Waals surface area contributed by atoms with Gasteiger partial charge in [0, 0.05) is 31.4 Å². The molecule has 0 spiro atoms. The highest BCUT2D eigenvalue weighted by atomic mass is 35.5. The molecule has 0 aromatic carbocycles. The van der Waals surface area contributed by atoms with Crippen molar-refractivity contribution in [2.24, 2.45) is 0 Å².